The molecule has 0 N–H and O–H groups in total. The van der Waals surface area contributed by atoms with Crippen LogP contribution in [0.1, 0.15) is 29.0 Å². The van der Waals surface area contributed by atoms with Crippen LogP contribution >= 0.6 is 0 Å². The molecule has 0 saturated heterocycles. The summed E-state index contributed by atoms with van der Waals surface area (Å²) in [7, 11) is 0. The topological polar surface area (TPSA) is 47.4 Å². The molecule has 0 radical (unpaired) electrons. The molecule has 1 aliphatic heterocycles. The van der Waals surface area contributed by atoms with E-state index in [2.05, 4.69) is 4.98 Å². The quantitative estimate of drug-likeness (QED) is 0.638. The second-order valence-corrected chi connectivity index (χ2v) is 6.69. The molecule has 134 valence electrons. The fraction of sp³-hybridized carbons (Fsp3) is 0.333. The Morgan fingerprint density at radius 3 is 2.73 bits per heavy atom. The fourth-order valence-electron chi connectivity index (χ4n) is 3.45. The van der Waals surface area contributed by atoms with Crippen LogP contribution in [0.25, 0.3) is 11.0 Å². The Morgan fingerprint density at radius 2 is 1.85 bits per heavy atom. The number of ether oxygens (including phenoxy) is 1. The Balaban J connectivity index is 1.31. The van der Waals surface area contributed by atoms with Gasteiger partial charge in [-0.15, -0.1) is 0 Å². The number of nitrogens with zero attached hydrogens (tertiary/aromatic N) is 3. The van der Waals surface area contributed by atoms with Gasteiger partial charge in [0, 0.05) is 19.6 Å². The third kappa shape index (κ3) is 3.17. The second kappa shape index (κ2) is 7.20. The summed E-state index contributed by atoms with van der Waals surface area (Å²) in [6, 6.07) is 16.0. The van der Waals surface area contributed by atoms with E-state index < -0.39 is 0 Å². The van der Waals surface area contributed by atoms with Gasteiger partial charge < -0.3 is 14.2 Å². The summed E-state index contributed by atoms with van der Waals surface area (Å²) >= 11 is 0. The molecule has 0 bridgehead atoms. The van der Waals surface area contributed by atoms with Crippen molar-refractivity contribution in [2.24, 2.45) is 0 Å². The van der Waals surface area contributed by atoms with Crippen molar-refractivity contribution in [3.05, 3.63) is 59.9 Å². The highest BCUT2D eigenvalue weighted by molar-refractivity contribution is 5.95. The van der Waals surface area contributed by atoms with Gasteiger partial charge in [-0.1, -0.05) is 30.3 Å². The van der Waals surface area contributed by atoms with E-state index >= 15 is 0 Å². The second-order valence-electron chi connectivity index (χ2n) is 6.69. The zero-order valence-electron chi connectivity index (χ0n) is 15.0. The van der Waals surface area contributed by atoms with Crippen LogP contribution < -0.4 is 4.74 Å². The first-order valence-electron chi connectivity index (χ1n) is 9.17. The molecule has 0 fully saturated rings. The number of aromatic nitrogens is 2. The molecule has 3 aromatic rings. The summed E-state index contributed by atoms with van der Waals surface area (Å²) in [4.78, 5) is 19.2. The van der Waals surface area contributed by atoms with Gasteiger partial charge in [-0.3, -0.25) is 4.79 Å². The summed E-state index contributed by atoms with van der Waals surface area (Å²) in [6.45, 7) is 5.02. The fourth-order valence-corrected chi connectivity index (χ4v) is 3.45. The van der Waals surface area contributed by atoms with Crippen LogP contribution in [0.15, 0.2) is 48.5 Å². The first-order valence-corrected chi connectivity index (χ1v) is 9.17. The van der Waals surface area contributed by atoms with Crippen LogP contribution in [0.2, 0.25) is 0 Å². The van der Waals surface area contributed by atoms with Gasteiger partial charge in [-0.25, -0.2) is 4.98 Å². The average molecular weight is 349 g/mol. The maximum absolute atomic E-state index is 12.7. The molecule has 1 aliphatic rings. The first kappa shape index (κ1) is 16.6. The summed E-state index contributed by atoms with van der Waals surface area (Å²) in [6.07, 6.45) is 1.85. The molecule has 0 aliphatic carbocycles. The van der Waals surface area contributed by atoms with Crippen molar-refractivity contribution in [2.75, 3.05) is 19.7 Å². The van der Waals surface area contributed by atoms with E-state index in [4.69, 9.17) is 4.74 Å². The van der Waals surface area contributed by atoms with Crippen LogP contribution in [-0.2, 0) is 6.54 Å². The molecule has 0 atom stereocenters. The van der Waals surface area contributed by atoms with Gasteiger partial charge in [0.05, 0.1) is 17.6 Å². The van der Waals surface area contributed by atoms with Crippen LogP contribution in [0.5, 0.6) is 5.75 Å². The number of aryl methyl sites for hydroxylation is 1. The van der Waals surface area contributed by atoms with E-state index in [9.17, 15) is 4.79 Å². The molecule has 2 heterocycles. The zero-order valence-corrected chi connectivity index (χ0v) is 15.0. The molecule has 26 heavy (non-hydrogen) atoms. The molecule has 4 rings (SSSR count). The maximum Gasteiger partial charge on any atom is 0.289 e. The van der Waals surface area contributed by atoms with E-state index in [1.54, 1.807) is 0 Å². The molecule has 5 nitrogen and oxygen atoms in total. The van der Waals surface area contributed by atoms with Crippen molar-refractivity contribution in [2.45, 2.75) is 26.3 Å². The lowest BCUT2D eigenvalue weighted by Gasteiger charge is -2.27. The number of hydrogen-bond donors (Lipinski definition) is 0. The summed E-state index contributed by atoms with van der Waals surface area (Å²) in [5, 5.41) is 0. The lowest BCUT2D eigenvalue weighted by molar-refractivity contribution is 0.0693. The minimum absolute atomic E-state index is 0.0345. The van der Waals surface area contributed by atoms with Crippen LogP contribution in [0.4, 0.5) is 0 Å². The van der Waals surface area contributed by atoms with E-state index in [0.717, 1.165) is 54.8 Å². The van der Waals surface area contributed by atoms with Crippen LogP contribution in [0, 0.1) is 6.92 Å². The first-order chi connectivity index (χ1) is 12.7. The average Bonchev–Trinajstić information content (AvgIpc) is 3.04. The van der Waals surface area contributed by atoms with Crippen molar-refractivity contribution < 1.29 is 9.53 Å². The molecule has 1 amide bonds. The minimum atomic E-state index is 0.0345. The highest BCUT2D eigenvalue weighted by Crippen LogP contribution is 2.21. The number of imidazole rings is 1. The Labute approximate surface area is 153 Å². The molecule has 0 unspecified atom stereocenters. The van der Waals surface area contributed by atoms with Crippen molar-refractivity contribution in [1.82, 2.24) is 14.5 Å². The number of rotatable bonds is 6. The van der Waals surface area contributed by atoms with E-state index in [0.29, 0.717) is 12.4 Å². The van der Waals surface area contributed by atoms with Crippen molar-refractivity contribution in [3.63, 3.8) is 0 Å². The molecule has 5 heteroatoms. The van der Waals surface area contributed by atoms with Gasteiger partial charge in [0.25, 0.3) is 5.91 Å². The van der Waals surface area contributed by atoms with Crippen molar-refractivity contribution >= 4 is 16.9 Å². The van der Waals surface area contributed by atoms with Gasteiger partial charge in [-0.2, -0.15) is 0 Å². The third-order valence-electron chi connectivity index (χ3n) is 4.90. The number of carbonyl (C=O) groups is 1. The molecule has 0 spiro atoms. The normalized spacial score (nSPS) is 13.9. The number of unbranched alkanes of at least 4 members (excludes halogenated alkanes) is 1. The lowest BCUT2D eigenvalue weighted by Crippen LogP contribution is -2.41. The number of fused-ring (bicyclic) bond motifs is 3. The van der Waals surface area contributed by atoms with E-state index in [1.807, 2.05) is 64.9 Å². The molecule has 0 saturated carbocycles. The monoisotopic (exact) mass is 349 g/mol. The van der Waals surface area contributed by atoms with Gasteiger partial charge in [0.1, 0.15) is 5.75 Å². The summed E-state index contributed by atoms with van der Waals surface area (Å²) in [5.74, 6) is 1.54. The lowest BCUT2D eigenvalue weighted by atomic mass is 10.2. The molecular formula is C21H23N3O2. The number of para-hydroxylation sites is 3. The van der Waals surface area contributed by atoms with Gasteiger partial charge in [0.2, 0.25) is 0 Å². The maximum atomic E-state index is 12.7. The number of carbonyl (C=O) groups excluding carboxylic acids is 1. The van der Waals surface area contributed by atoms with Crippen molar-refractivity contribution in [1.29, 1.82) is 0 Å². The highest BCUT2D eigenvalue weighted by Gasteiger charge is 2.27. The van der Waals surface area contributed by atoms with Gasteiger partial charge in [0.15, 0.2) is 5.82 Å². The molecule has 2 aromatic carbocycles. The molecular weight excluding hydrogens is 326 g/mol. The van der Waals surface area contributed by atoms with Crippen LogP contribution in [-0.4, -0.2) is 40.1 Å². The highest BCUT2D eigenvalue weighted by atomic mass is 16.5. The Morgan fingerprint density at radius 1 is 1.04 bits per heavy atom. The molecule has 1 aromatic heterocycles. The van der Waals surface area contributed by atoms with Crippen LogP contribution in [0.3, 0.4) is 0 Å². The Hall–Kier alpha value is -2.82. The number of hydrogen-bond acceptors (Lipinski definition) is 3. The van der Waals surface area contributed by atoms with Gasteiger partial charge in [-0.05, 0) is 43.5 Å². The standard InChI is InChI=1S/C21H23N3O2/c1-16-8-2-5-11-19(16)26-15-7-6-12-23-13-14-24-18-10-4-3-9-17(18)22-20(24)21(23)25/h2-5,8-11H,6-7,12-15H2,1H3. The number of benzene rings is 2. The zero-order chi connectivity index (χ0) is 17.9. The van der Waals surface area contributed by atoms with Gasteiger partial charge >= 0.3 is 0 Å². The number of amides is 1. The predicted molar refractivity (Wildman–Crippen MR) is 102 cm³/mol. The minimum Gasteiger partial charge on any atom is -0.493 e. The summed E-state index contributed by atoms with van der Waals surface area (Å²) < 4.78 is 7.87. The van der Waals surface area contributed by atoms with E-state index in [-0.39, 0.29) is 5.91 Å². The van der Waals surface area contributed by atoms with E-state index in [1.165, 1.54) is 0 Å². The third-order valence-corrected chi connectivity index (χ3v) is 4.90. The smallest absolute Gasteiger partial charge is 0.289 e. The Kier molecular flexibility index (Phi) is 4.61. The Bertz CT molecular complexity index is 932. The predicted octanol–water partition coefficient (Wildman–Crippen LogP) is 3.66. The SMILES string of the molecule is Cc1ccccc1OCCCCN1CCn2c(nc3ccccc32)C1=O. The summed E-state index contributed by atoms with van der Waals surface area (Å²) in [5.41, 5.74) is 3.09. The van der Waals surface area contributed by atoms with Crippen molar-refractivity contribution in [3.8, 4) is 5.75 Å². The largest absolute Gasteiger partial charge is 0.493 e.